The molecule has 3 nitrogen and oxygen atoms in total. The fourth-order valence-electron chi connectivity index (χ4n) is 3.18. The number of quaternary nitrogens is 1. The van der Waals surface area contributed by atoms with Crippen molar-refractivity contribution in [3.8, 4) is 16.9 Å². The van der Waals surface area contributed by atoms with Crippen molar-refractivity contribution in [1.82, 2.24) is 0 Å². The smallest absolute Gasteiger partial charge is 0.194 e. The molecule has 0 radical (unpaired) electrons. The molecule has 1 aliphatic rings. The van der Waals surface area contributed by atoms with Gasteiger partial charge in [-0.15, -0.1) is 0 Å². The summed E-state index contributed by atoms with van der Waals surface area (Å²) < 4.78 is 5.86. The molecule has 0 saturated heterocycles. The highest BCUT2D eigenvalue weighted by molar-refractivity contribution is 6.21. The highest BCUT2D eigenvalue weighted by Crippen LogP contribution is 2.38. The maximum absolute atomic E-state index is 12.6. The SMILES string of the molecule is CC[NH+](CC)CCOc1ccc2c(c1)C(=O)c1cc(C)ccc1-2. The molecule has 120 valence electrons. The second-order valence-corrected chi connectivity index (χ2v) is 6.14. The number of nitrogens with one attached hydrogen (secondary N) is 1. The van der Waals surface area contributed by atoms with Gasteiger partial charge in [-0.1, -0.05) is 17.7 Å². The Labute approximate surface area is 137 Å². The Hall–Kier alpha value is -2.13. The number of hydrogen-bond donors (Lipinski definition) is 1. The first-order valence-electron chi connectivity index (χ1n) is 8.40. The molecule has 0 unspecified atom stereocenters. The molecule has 0 amide bonds. The number of benzene rings is 2. The van der Waals surface area contributed by atoms with E-state index in [0.717, 1.165) is 53.2 Å². The predicted molar refractivity (Wildman–Crippen MR) is 92.5 cm³/mol. The van der Waals surface area contributed by atoms with Crippen LogP contribution in [0.5, 0.6) is 5.75 Å². The molecule has 0 heterocycles. The van der Waals surface area contributed by atoms with Crippen LogP contribution in [0.25, 0.3) is 11.1 Å². The molecule has 23 heavy (non-hydrogen) atoms. The third-order valence-corrected chi connectivity index (χ3v) is 4.67. The fraction of sp³-hybridized carbons (Fsp3) is 0.350. The van der Waals surface area contributed by atoms with Crippen LogP contribution in [0, 0.1) is 6.92 Å². The number of carbonyl (C=O) groups is 1. The van der Waals surface area contributed by atoms with Crippen molar-refractivity contribution in [2.75, 3.05) is 26.2 Å². The molecule has 2 aromatic carbocycles. The number of likely N-dealkylation sites (N-methyl/N-ethyl adjacent to an activating group) is 1. The molecule has 0 atom stereocenters. The fourth-order valence-corrected chi connectivity index (χ4v) is 3.18. The predicted octanol–water partition coefficient (Wildman–Crippen LogP) is 2.51. The van der Waals surface area contributed by atoms with E-state index in [1.807, 2.05) is 37.3 Å². The van der Waals surface area contributed by atoms with Crippen molar-refractivity contribution in [3.05, 3.63) is 53.1 Å². The lowest BCUT2D eigenvalue weighted by molar-refractivity contribution is -0.896. The summed E-state index contributed by atoms with van der Waals surface area (Å²) in [7, 11) is 0. The van der Waals surface area contributed by atoms with Gasteiger partial charge in [0.15, 0.2) is 5.78 Å². The third-order valence-electron chi connectivity index (χ3n) is 4.67. The van der Waals surface area contributed by atoms with Crippen molar-refractivity contribution in [1.29, 1.82) is 0 Å². The Morgan fingerprint density at radius 1 is 0.913 bits per heavy atom. The Kier molecular flexibility index (Phi) is 4.49. The molecule has 0 spiro atoms. The number of aryl methyl sites for hydroxylation is 1. The first-order valence-corrected chi connectivity index (χ1v) is 8.40. The molecule has 0 saturated carbocycles. The van der Waals surface area contributed by atoms with Gasteiger partial charge in [0.1, 0.15) is 18.9 Å². The van der Waals surface area contributed by atoms with Gasteiger partial charge in [-0.25, -0.2) is 0 Å². The molecular formula is C20H24NO2+. The van der Waals surface area contributed by atoms with Crippen LogP contribution in [0.1, 0.15) is 35.3 Å². The molecule has 0 fully saturated rings. The minimum atomic E-state index is 0.110. The number of fused-ring (bicyclic) bond motifs is 3. The molecule has 1 N–H and O–H groups in total. The van der Waals surface area contributed by atoms with Crippen LogP contribution in [-0.4, -0.2) is 32.0 Å². The van der Waals surface area contributed by atoms with E-state index in [4.69, 9.17) is 4.74 Å². The van der Waals surface area contributed by atoms with E-state index >= 15 is 0 Å². The molecule has 0 aromatic heterocycles. The monoisotopic (exact) mass is 310 g/mol. The second-order valence-electron chi connectivity index (χ2n) is 6.14. The van der Waals surface area contributed by atoms with Gasteiger partial charge in [-0.3, -0.25) is 4.79 Å². The topological polar surface area (TPSA) is 30.7 Å². The van der Waals surface area contributed by atoms with E-state index in [1.165, 1.54) is 4.90 Å². The first kappa shape index (κ1) is 15.8. The lowest BCUT2D eigenvalue weighted by Crippen LogP contribution is -3.12. The lowest BCUT2D eigenvalue weighted by atomic mass is 10.0. The second kappa shape index (κ2) is 6.55. The number of ether oxygens (including phenoxy) is 1. The van der Waals surface area contributed by atoms with Crippen molar-refractivity contribution >= 4 is 5.78 Å². The number of hydrogen-bond acceptors (Lipinski definition) is 2. The number of ketones is 1. The summed E-state index contributed by atoms with van der Waals surface area (Å²) in [4.78, 5) is 14.1. The van der Waals surface area contributed by atoms with E-state index in [9.17, 15) is 4.79 Å². The summed E-state index contributed by atoms with van der Waals surface area (Å²) in [6, 6.07) is 11.9. The molecule has 3 rings (SSSR count). The minimum Gasteiger partial charge on any atom is -0.488 e. The Morgan fingerprint density at radius 3 is 2.26 bits per heavy atom. The van der Waals surface area contributed by atoms with Crippen LogP contribution in [0.2, 0.25) is 0 Å². The van der Waals surface area contributed by atoms with Gasteiger partial charge in [-0.2, -0.15) is 0 Å². The Balaban J connectivity index is 1.77. The van der Waals surface area contributed by atoms with Crippen LogP contribution < -0.4 is 9.64 Å². The zero-order valence-electron chi connectivity index (χ0n) is 14.1. The zero-order chi connectivity index (χ0) is 16.4. The number of carbonyl (C=O) groups excluding carboxylic acids is 1. The average Bonchev–Trinajstić information content (AvgIpc) is 2.84. The maximum Gasteiger partial charge on any atom is 0.194 e. The lowest BCUT2D eigenvalue weighted by Gasteiger charge is -2.15. The van der Waals surface area contributed by atoms with Crippen molar-refractivity contribution < 1.29 is 14.4 Å². The van der Waals surface area contributed by atoms with Gasteiger partial charge in [0, 0.05) is 11.1 Å². The van der Waals surface area contributed by atoms with E-state index in [-0.39, 0.29) is 5.78 Å². The van der Waals surface area contributed by atoms with Gasteiger partial charge < -0.3 is 9.64 Å². The molecule has 0 aliphatic heterocycles. The van der Waals surface area contributed by atoms with Crippen molar-refractivity contribution in [2.45, 2.75) is 20.8 Å². The van der Waals surface area contributed by atoms with Crippen LogP contribution in [0.15, 0.2) is 36.4 Å². The standard InChI is InChI=1S/C20H23NO2/c1-4-21(5-2)10-11-23-15-7-9-17-16-8-6-14(3)12-18(16)20(22)19(17)13-15/h6-9,12-13H,4-5,10-11H2,1-3H3/p+1. The quantitative estimate of drug-likeness (QED) is 0.758. The summed E-state index contributed by atoms with van der Waals surface area (Å²) in [5, 5.41) is 0. The highest BCUT2D eigenvalue weighted by Gasteiger charge is 2.26. The highest BCUT2D eigenvalue weighted by atomic mass is 16.5. The maximum atomic E-state index is 12.6. The summed E-state index contributed by atoms with van der Waals surface area (Å²) in [5.41, 5.74) is 4.74. The van der Waals surface area contributed by atoms with Crippen LogP contribution in [-0.2, 0) is 0 Å². The Morgan fingerprint density at radius 2 is 1.57 bits per heavy atom. The van der Waals surface area contributed by atoms with Crippen LogP contribution >= 0.6 is 0 Å². The third kappa shape index (κ3) is 3.02. The van der Waals surface area contributed by atoms with Crippen molar-refractivity contribution in [2.24, 2.45) is 0 Å². The van der Waals surface area contributed by atoms with Gasteiger partial charge in [0.2, 0.25) is 0 Å². The summed E-state index contributed by atoms with van der Waals surface area (Å²) in [6.07, 6.45) is 0. The molecule has 0 bridgehead atoms. The molecule has 2 aromatic rings. The van der Waals surface area contributed by atoms with Crippen molar-refractivity contribution in [3.63, 3.8) is 0 Å². The zero-order valence-corrected chi connectivity index (χ0v) is 14.1. The number of rotatable bonds is 6. The summed E-state index contributed by atoms with van der Waals surface area (Å²) >= 11 is 0. The van der Waals surface area contributed by atoms with E-state index in [2.05, 4.69) is 19.9 Å². The van der Waals surface area contributed by atoms with Crippen LogP contribution in [0.4, 0.5) is 0 Å². The normalized spacial score (nSPS) is 12.4. The molecule has 3 heteroatoms. The minimum absolute atomic E-state index is 0.110. The molecule has 1 aliphatic carbocycles. The summed E-state index contributed by atoms with van der Waals surface area (Å²) in [6.45, 7) is 10.3. The van der Waals surface area contributed by atoms with Crippen LogP contribution in [0.3, 0.4) is 0 Å². The van der Waals surface area contributed by atoms with E-state index in [1.54, 1.807) is 0 Å². The van der Waals surface area contributed by atoms with Gasteiger partial charge >= 0.3 is 0 Å². The van der Waals surface area contributed by atoms with E-state index in [0.29, 0.717) is 6.61 Å². The van der Waals surface area contributed by atoms with E-state index < -0.39 is 0 Å². The van der Waals surface area contributed by atoms with Gasteiger partial charge in [0.05, 0.1) is 13.1 Å². The summed E-state index contributed by atoms with van der Waals surface area (Å²) in [5.74, 6) is 0.895. The van der Waals surface area contributed by atoms with Gasteiger partial charge in [0.25, 0.3) is 0 Å². The average molecular weight is 310 g/mol. The molecular weight excluding hydrogens is 286 g/mol. The largest absolute Gasteiger partial charge is 0.488 e. The van der Waals surface area contributed by atoms with Gasteiger partial charge in [-0.05, 0) is 56.2 Å². The first-order chi connectivity index (χ1) is 11.1. The Bertz CT molecular complexity index is 732.